The van der Waals surface area contributed by atoms with Gasteiger partial charge >= 0.3 is 18.0 Å². The molecule has 0 radical (unpaired) electrons. The Morgan fingerprint density at radius 2 is 1.78 bits per heavy atom. The predicted molar refractivity (Wildman–Crippen MR) is 101 cm³/mol. The second kappa shape index (κ2) is 10.1. The Morgan fingerprint density at radius 3 is 2.37 bits per heavy atom. The molecule has 1 aliphatic carbocycles. The van der Waals surface area contributed by atoms with Gasteiger partial charge in [0, 0.05) is 6.04 Å². The quantitative estimate of drug-likeness (QED) is 0.542. The van der Waals surface area contributed by atoms with Crippen molar-refractivity contribution in [3.8, 4) is 0 Å². The van der Waals surface area contributed by atoms with E-state index in [1.54, 1.807) is 20.8 Å². The van der Waals surface area contributed by atoms with Gasteiger partial charge in [0.2, 0.25) is 0 Å². The first-order valence-corrected chi connectivity index (χ1v) is 10.2. The van der Waals surface area contributed by atoms with Gasteiger partial charge in [0.25, 0.3) is 0 Å². The summed E-state index contributed by atoms with van der Waals surface area (Å²) < 4.78 is 10.3. The number of alkyl carbamates (subject to hydrolysis) is 1. The zero-order valence-electron chi connectivity index (χ0n) is 16.8. The third kappa shape index (κ3) is 8.28. The molecule has 1 saturated carbocycles. The lowest BCUT2D eigenvalue weighted by Gasteiger charge is -2.27. The molecule has 27 heavy (non-hydrogen) atoms. The summed E-state index contributed by atoms with van der Waals surface area (Å²) in [7, 11) is 0. The van der Waals surface area contributed by atoms with Crippen LogP contribution in [0.15, 0.2) is 0 Å². The molecule has 154 valence electrons. The zero-order chi connectivity index (χ0) is 19.9. The lowest BCUT2D eigenvalue weighted by atomic mass is 9.85. The fourth-order valence-electron chi connectivity index (χ4n) is 3.78. The van der Waals surface area contributed by atoms with Gasteiger partial charge < -0.3 is 20.1 Å². The van der Waals surface area contributed by atoms with E-state index in [1.807, 2.05) is 0 Å². The maximum absolute atomic E-state index is 12.6. The van der Waals surface area contributed by atoms with E-state index in [9.17, 15) is 14.4 Å². The van der Waals surface area contributed by atoms with E-state index in [-0.39, 0.29) is 12.5 Å². The summed E-state index contributed by atoms with van der Waals surface area (Å²) in [5.74, 6) is -0.883. The highest BCUT2D eigenvalue weighted by Gasteiger charge is 2.31. The highest BCUT2D eigenvalue weighted by Crippen LogP contribution is 2.28. The molecule has 0 bridgehead atoms. The normalized spacial score (nSPS) is 22.1. The van der Waals surface area contributed by atoms with Crippen LogP contribution in [0.3, 0.4) is 0 Å². The number of rotatable bonds is 6. The molecule has 0 aromatic heterocycles. The van der Waals surface area contributed by atoms with Gasteiger partial charge in [0.15, 0.2) is 0 Å². The molecule has 2 N–H and O–H groups in total. The van der Waals surface area contributed by atoms with Crippen LogP contribution < -0.4 is 10.6 Å². The summed E-state index contributed by atoms with van der Waals surface area (Å²) in [4.78, 5) is 36.8. The molecule has 1 heterocycles. The number of nitrogens with one attached hydrogen (secondary N) is 2. The summed E-state index contributed by atoms with van der Waals surface area (Å²) >= 11 is 0. The third-order valence-corrected chi connectivity index (χ3v) is 5.06. The fraction of sp³-hybridized carbons (Fsp3) is 0.850. The molecule has 0 aromatic carbocycles. The van der Waals surface area contributed by atoms with E-state index in [2.05, 4.69) is 10.6 Å². The van der Waals surface area contributed by atoms with Crippen LogP contribution in [0, 0.1) is 5.92 Å². The highest BCUT2D eigenvalue weighted by molar-refractivity contribution is 5.90. The van der Waals surface area contributed by atoms with Crippen molar-refractivity contribution in [1.29, 1.82) is 0 Å². The molecule has 2 atom stereocenters. The standard InChI is InChI=1S/C20H34N2O5/c1-20(2,3)27-19(25)22-16(12-14-8-5-4-6-9-14)18(24)26-17(23)13-15-10-7-11-21-15/h14-16,21H,4-13H2,1-3H3,(H,22,25). The van der Waals surface area contributed by atoms with Crippen LogP contribution in [0.1, 0.15) is 78.6 Å². The van der Waals surface area contributed by atoms with E-state index in [0.29, 0.717) is 12.3 Å². The first-order chi connectivity index (χ1) is 12.7. The van der Waals surface area contributed by atoms with Gasteiger partial charge in [-0.25, -0.2) is 9.59 Å². The number of amides is 1. The van der Waals surface area contributed by atoms with Crippen LogP contribution in [0.2, 0.25) is 0 Å². The summed E-state index contributed by atoms with van der Waals surface area (Å²) in [5, 5.41) is 5.83. The smallest absolute Gasteiger partial charge is 0.408 e. The van der Waals surface area contributed by atoms with Crippen LogP contribution in [0.4, 0.5) is 4.79 Å². The van der Waals surface area contributed by atoms with E-state index < -0.39 is 29.7 Å². The maximum atomic E-state index is 12.6. The van der Waals surface area contributed by atoms with Gasteiger partial charge in [0.05, 0.1) is 6.42 Å². The van der Waals surface area contributed by atoms with Gasteiger partial charge in [-0.2, -0.15) is 0 Å². The van der Waals surface area contributed by atoms with Crippen LogP contribution in [0.5, 0.6) is 0 Å². The lowest BCUT2D eigenvalue weighted by Crippen LogP contribution is -2.46. The topological polar surface area (TPSA) is 93.7 Å². The average molecular weight is 383 g/mol. The molecule has 2 unspecified atom stereocenters. The first-order valence-electron chi connectivity index (χ1n) is 10.2. The number of hydrogen-bond acceptors (Lipinski definition) is 6. The van der Waals surface area contributed by atoms with Gasteiger partial charge in [0.1, 0.15) is 11.6 Å². The molecule has 2 aliphatic rings. The van der Waals surface area contributed by atoms with Crippen LogP contribution in [-0.2, 0) is 19.1 Å². The fourth-order valence-corrected chi connectivity index (χ4v) is 3.78. The van der Waals surface area contributed by atoms with E-state index in [0.717, 1.165) is 45.1 Å². The van der Waals surface area contributed by atoms with Crippen molar-refractivity contribution in [1.82, 2.24) is 10.6 Å². The number of esters is 2. The Bertz CT molecular complexity index is 517. The Kier molecular flexibility index (Phi) is 8.07. The molecule has 7 nitrogen and oxygen atoms in total. The number of carbonyl (C=O) groups excluding carboxylic acids is 3. The molecular formula is C20H34N2O5. The van der Waals surface area contributed by atoms with Gasteiger partial charge in [-0.3, -0.25) is 4.79 Å². The Labute approximate surface area is 161 Å². The molecule has 0 spiro atoms. The summed E-state index contributed by atoms with van der Waals surface area (Å²) in [6, 6.07) is -0.788. The SMILES string of the molecule is CC(C)(C)OC(=O)NC(CC1CCCCC1)C(=O)OC(=O)CC1CCCN1. The first kappa shape index (κ1) is 21.7. The third-order valence-electron chi connectivity index (χ3n) is 5.06. The molecule has 7 heteroatoms. The van der Waals surface area contributed by atoms with E-state index in [1.165, 1.54) is 6.42 Å². The number of hydrogen-bond donors (Lipinski definition) is 2. The van der Waals surface area contributed by atoms with Gasteiger partial charge in [-0.1, -0.05) is 32.1 Å². The monoisotopic (exact) mass is 382 g/mol. The Morgan fingerprint density at radius 1 is 1.07 bits per heavy atom. The Hall–Kier alpha value is -1.63. The molecule has 0 aromatic rings. The van der Waals surface area contributed by atoms with Crippen molar-refractivity contribution in [3.05, 3.63) is 0 Å². The lowest BCUT2D eigenvalue weighted by molar-refractivity contribution is -0.161. The molecule has 2 fully saturated rings. The van der Waals surface area contributed by atoms with E-state index >= 15 is 0 Å². The highest BCUT2D eigenvalue weighted by atomic mass is 16.6. The minimum Gasteiger partial charge on any atom is -0.444 e. The van der Waals surface area contributed by atoms with Crippen molar-refractivity contribution in [2.45, 2.75) is 96.2 Å². The van der Waals surface area contributed by atoms with Crippen molar-refractivity contribution < 1.29 is 23.9 Å². The minimum atomic E-state index is -0.858. The second-order valence-corrected chi connectivity index (χ2v) is 8.73. The maximum Gasteiger partial charge on any atom is 0.408 e. The average Bonchev–Trinajstić information content (AvgIpc) is 3.06. The minimum absolute atomic E-state index is 0.0703. The van der Waals surface area contributed by atoms with Gasteiger partial charge in [-0.05, 0) is 52.5 Å². The molecule has 1 amide bonds. The van der Waals surface area contributed by atoms with Gasteiger partial charge in [-0.15, -0.1) is 0 Å². The zero-order valence-corrected chi connectivity index (χ0v) is 16.8. The summed E-state index contributed by atoms with van der Waals surface area (Å²) in [6.45, 7) is 6.17. The summed E-state index contributed by atoms with van der Waals surface area (Å²) in [5.41, 5.74) is -0.659. The number of ether oxygens (including phenoxy) is 2. The molecule has 1 aliphatic heterocycles. The molecule has 1 saturated heterocycles. The van der Waals surface area contributed by atoms with Crippen LogP contribution in [0.25, 0.3) is 0 Å². The van der Waals surface area contributed by atoms with E-state index in [4.69, 9.17) is 9.47 Å². The predicted octanol–water partition coefficient (Wildman–Crippen LogP) is 3.06. The van der Waals surface area contributed by atoms with Crippen LogP contribution in [-0.4, -0.2) is 42.3 Å². The van der Waals surface area contributed by atoms with Crippen molar-refractivity contribution in [2.75, 3.05) is 6.54 Å². The van der Waals surface area contributed by atoms with Crippen molar-refractivity contribution in [3.63, 3.8) is 0 Å². The molecule has 2 rings (SSSR count). The van der Waals surface area contributed by atoms with Crippen molar-refractivity contribution in [2.24, 2.45) is 5.92 Å². The Balaban J connectivity index is 1.92. The van der Waals surface area contributed by atoms with Crippen molar-refractivity contribution >= 4 is 18.0 Å². The largest absolute Gasteiger partial charge is 0.444 e. The van der Waals surface area contributed by atoms with Crippen LogP contribution >= 0.6 is 0 Å². The molecular weight excluding hydrogens is 348 g/mol. The summed E-state index contributed by atoms with van der Waals surface area (Å²) in [6.07, 6.45) is 7.45. The second-order valence-electron chi connectivity index (χ2n) is 8.73. The number of carbonyl (C=O) groups is 3.